The van der Waals surface area contributed by atoms with Crippen LogP contribution < -0.4 is 5.73 Å². The Bertz CT molecular complexity index is 210. The topological polar surface area (TPSA) is 55.6 Å². The lowest BCUT2D eigenvalue weighted by Gasteiger charge is -2.30. The standard InChI is InChI=1S/C13H28N2O2/c1-5-8-9-15(11(4)6-2)10-12(14)13(16)17-7-3/h11-12H,5-10,14H2,1-4H3. The summed E-state index contributed by atoms with van der Waals surface area (Å²) in [6, 6.07) is -0.0668. The van der Waals surface area contributed by atoms with E-state index in [1.54, 1.807) is 6.92 Å². The molecule has 0 rings (SSSR count). The predicted molar refractivity (Wildman–Crippen MR) is 70.8 cm³/mol. The maximum Gasteiger partial charge on any atom is 0.324 e. The Morgan fingerprint density at radius 2 is 2.00 bits per heavy atom. The van der Waals surface area contributed by atoms with Crippen molar-refractivity contribution in [1.29, 1.82) is 0 Å². The van der Waals surface area contributed by atoms with Gasteiger partial charge in [-0.25, -0.2) is 0 Å². The molecule has 17 heavy (non-hydrogen) atoms. The van der Waals surface area contributed by atoms with Gasteiger partial charge in [0.2, 0.25) is 0 Å². The Morgan fingerprint density at radius 1 is 1.35 bits per heavy atom. The lowest BCUT2D eigenvalue weighted by molar-refractivity contribution is -0.145. The Balaban J connectivity index is 4.25. The molecule has 2 atom stereocenters. The SMILES string of the molecule is CCCCN(CC(N)C(=O)OCC)C(C)CC. The summed E-state index contributed by atoms with van der Waals surface area (Å²) < 4.78 is 4.93. The highest BCUT2D eigenvalue weighted by Gasteiger charge is 2.20. The molecule has 2 unspecified atom stereocenters. The van der Waals surface area contributed by atoms with Crippen LogP contribution in [0.2, 0.25) is 0 Å². The van der Waals surface area contributed by atoms with Gasteiger partial charge in [0.25, 0.3) is 0 Å². The molecule has 0 fully saturated rings. The van der Waals surface area contributed by atoms with Gasteiger partial charge in [0.1, 0.15) is 6.04 Å². The molecule has 0 heterocycles. The van der Waals surface area contributed by atoms with Crippen LogP contribution in [0.4, 0.5) is 0 Å². The summed E-state index contributed by atoms with van der Waals surface area (Å²) in [4.78, 5) is 13.8. The Labute approximate surface area is 105 Å². The number of unbranched alkanes of at least 4 members (excludes halogenated alkanes) is 1. The van der Waals surface area contributed by atoms with Gasteiger partial charge in [0.15, 0.2) is 0 Å². The van der Waals surface area contributed by atoms with Crippen LogP contribution >= 0.6 is 0 Å². The second kappa shape index (κ2) is 9.42. The molecule has 0 bridgehead atoms. The van der Waals surface area contributed by atoms with Crippen molar-refractivity contribution < 1.29 is 9.53 Å². The number of rotatable bonds is 9. The maximum absolute atomic E-state index is 11.5. The number of nitrogens with zero attached hydrogens (tertiary/aromatic N) is 1. The fourth-order valence-electron chi connectivity index (χ4n) is 1.69. The zero-order valence-electron chi connectivity index (χ0n) is 11.7. The molecule has 0 amide bonds. The van der Waals surface area contributed by atoms with Crippen LogP contribution in [-0.2, 0) is 9.53 Å². The smallest absolute Gasteiger partial charge is 0.324 e. The minimum atomic E-state index is -0.527. The summed E-state index contributed by atoms with van der Waals surface area (Å²) in [5.74, 6) is -0.294. The summed E-state index contributed by atoms with van der Waals surface area (Å²) >= 11 is 0. The average molecular weight is 244 g/mol. The minimum absolute atomic E-state index is 0.294. The third-order valence-corrected chi connectivity index (χ3v) is 3.03. The summed E-state index contributed by atoms with van der Waals surface area (Å²) in [6.45, 7) is 10.3. The first-order valence-electron chi connectivity index (χ1n) is 6.72. The van der Waals surface area contributed by atoms with Crippen LogP contribution in [0, 0.1) is 0 Å². The van der Waals surface area contributed by atoms with E-state index in [9.17, 15) is 4.79 Å². The highest BCUT2D eigenvalue weighted by Crippen LogP contribution is 2.06. The molecule has 0 radical (unpaired) electrons. The third kappa shape index (κ3) is 6.64. The van der Waals surface area contributed by atoms with Gasteiger partial charge in [-0.05, 0) is 33.2 Å². The van der Waals surface area contributed by atoms with Crippen LogP contribution in [0.3, 0.4) is 0 Å². The van der Waals surface area contributed by atoms with Crippen LogP contribution in [0.25, 0.3) is 0 Å². The van der Waals surface area contributed by atoms with E-state index in [-0.39, 0.29) is 5.97 Å². The molecule has 4 nitrogen and oxygen atoms in total. The minimum Gasteiger partial charge on any atom is -0.465 e. The average Bonchev–Trinajstić information content (AvgIpc) is 2.33. The molecule has 0 saturated heterocycles. The molecular weight excluding hydrogens is 216 g/mol. The van der Waals surface area contributed by atoms with Gasteiger partial charge in [-0.2, -0.15) is 0 Å². The normalized spacial score (nSPS) is 14.7. The second-order valence-corrected chi connectivity index (χ2v) is 4.46. The Kier molecular flexibility index (Phi) is 9.09. The van der Waals surface area contributed by atoms with Gasteiger partial charge in [-0.15, -0.1) is 0 Å². The van der Waals surface area contributed by atoms with Gasteiger partial charge in [-0.3, -0.25) is 9.69 Å². The highest BCUT2D eigenvalue weighted by molar-refractivity contribution is 5.75. The van der Waals surface area contributed by atoms with E-state index in [4.69, 9.17) is 10.5 Å². The van der Waals surface area contributed by atoms with Crippen molar-refractivity contribution in [2.45, 2.75) is 59.0 Å². The van der Waals surface area contributed by atoms with E-state index >= 15 is 0 Å². The van der Waals surface area contributed by atoms with E-state index in [2.05, 4.69) is 25.7 Å². The monoisotopic (exact) mass is 244 g/mol. The fourth-order valence-corrected chi connectivity index (χ4v) is 1.69. The van der Waals surface area contributed by atoms with Crippen molar-refractivity contribution >= 4 is 5.97 Å². The predicted octanol–water partition coefficient (Wildman–Crippen LogP) is 1.78. The summed E-state index contributed by atoms with van der Waals surface area (Å²) in [6.07, 6.45) is 3.36. The van der Waals surface area contributed by atoms with Gasteiger partial charge in [0, 0.05) is 12.6 Å². The van der Waals surface area contributed by atoms with E-state index in [0.29, 0.717) is 19.2 Å². The van der Waals surface area contributed by atoms with E-state index in [1.165, 1.54) is 0 Å². The highest BCUT2D eigenvalue weighted by atomic mass is 16.5. The first kappa shape index (κ1) is 16.4. The molecule has 0 aliphatic carbocycles. The number of carbonyl (C=O) groups is 1. The molecule has 0 aliphatic heterocycles. The maximum atomic E-state index is 11.5. The van der Waals surface area contributed by atoms with Crippen molar-refractivity contribution in [3.63, 3.8) is 0 Å². The van der Waals surface area contributed by atoms with E-state index < -0.39 is 6.04 Å². The first-order chi connectivity index (χ1) is 8.06. The Morgan fingerprint density at radius 3 is 2.47 bits per heavy atom. The largest absolute Gasteiger partial charge is 0.465 e. The molecule has 0 spiro atoms. The van der Waals surface area contributed by atoms with Crippen molar-refractivity contribution in [1.82, 2.24) is 4.90 Å². The number of nitrogens with two attached hydrogens (primary N) is 1. The summed E-state index contributed by atoms with van der Waals surface area (Å²) in [5.41, 5.74) is 5.85. The Hall–Kier alpha value is -0.610. The molecule has 0 aromatic heterocycles. The zero-order chi connectivity index (χ0) is 13.3. The van der Waals surface area contributed by atoms with Crippen LogP contribution in [0.5, 0.6) is 0 Å². The lowest BCUT2D eigenvalue weighted by atomic mass is 10.1. The molecule has 0 aliphatic rings. The number of hydrogen-bond donors (Lipinski definition) is 1. The molecule has 102 valence electrons. The molecule has 0 aromatic rings. The quantitative estimate of drug-likeness (QED) is 0.628. The number of carbonyl (C=O) groups excluding carboxylic acids is 1. The molecule has 0 aromatic carbocycles. The van der Waals surface area contributed by atoms with Crippen molar-refractivity contribution in [2.75, 3.05) is 19.7 Å². The lowest BCUT2D eigenvalue weighted by Crippen LogP contribution is -2.47. The van der Waals surface area contributed by atoms with Crippen molar-refractivity contribution in [3.05, 3.63) is 0 Å². The van der Waals surface area contributed by atoms with Gasteiger partial charge in [-0.1, -0.05) is 20.3 Å². The van der Waals surface area contributed by atoms with Crippen molar-refractivity contribution in [2.24, 2.45) is 5.73 Å². The van der Waals surface area contributed by atoms with Crippen LogP contribution in [-0.4, -0.2) is 42.6 Å². The van der Waals surface area contributed by atoms with Crippen LogP contribution in [0.1, 0.15) is 47.0 Å². The molecule has 2 N–H and O–H groups in total. The van der Waals surface area contributed by atoms with Gasteiger partial charge >= 0.3 is 5.97 Å². The molecule has 4 heteroatoms. The first-order valence-corrected chi connectivity index (χ1v) is 6.72. The number of ether oxygens (including phenoxy) is 1. The fraction of sp³-hybridized carbons (Fsp3) is 0.923. The molecular formula is C13H28N2O2. The van der Waals surface area contributed by atoms with Gasteiger partial charge in [0.05, 0.1) is 6.61 Å². The summed E-state index contributed by atoms with van der Waals surface area (Å²) in [5, 5.41) is 0. The van der Waals surface area contributed by atoms with Crippen LogP contribution in [0.15, 0.2) is 0 Å². The van der Waals surface area contributed by atoms with E-state index in [0.717, 1.165) is 25.8 Å². The third-order valence-electron chi connectivity index (χ3n) is 3.03. The number of hydrogen-bond acceptors (Lipinski definition) is 4. The van der Waals surface area contributed by atoms with E-state index in [1.807, 2.05) is 0 Å². The zero-order valence-corrected chi connectivity index (χ0v) is 11.7. The van der Waals surface area contributed by atoms with Gasteiger partial charge < -0.3 is 10.5 Å². The number of esters is 1. The summed E-state index contributed by atoms with van der Waals surface area (Å²) in [7, 11) is 0. The molecule has 0 saturated carbocycles. The van der Waals surface area contributed by atoms with Crippen molar-refractivity contribution in [3.8, 4) is 0 Å². The second-order valence-electron chi connectivity index (χ2n) is 4.46.